The molecule has 6 rings (SSSR count). The number of nitrogens with one attached hydrogen (secondary N) is 1. The first-order chi connectivity index (χ1) is 16.8. The second kappa shape index (κ2) is 9.05. The van der Waals surface area contributed by atoms with Crippen LogP contribution in [0.3, 0.4) is 0 Å². The van der Waals surface area contributed by atoms with E-state index in [0.717, 1.165) is 73.6 Å². The number of hydrogen-bond donors (Lipinski definition) is 1. The van der Waals surface area contributed by atoms with E-state index in [1.807, 2.05) is 16.7 Å². The number of aromatic nitrogens is 2. The fourth-order valence-electron chi connectivity index (χ4n) is 5.20. The van der Waals surface area contributed by atoms with Crippen molar-refractivity contribution in [3.05, 3.63) is 95.2 Å². The van der Waals surface area contributed by atoms with E-state index < -0.39 is 0 Å². The summed E-state index contributed by atoms with van der Waals surface area (Å²) in [6.45, 7) is 5.32. The zero-order chi connectivity index (χ0) is 22.9. The molecule has 1 N–H and O–H groups in total. The van der Waals surface area contributed by atoms with E-state index in [9.17, 15) is 5.41 Å². The number of benzene rings is 3. The van der Waals surface area contributed by atoms with Crippen LogP contribution < -0.4 is 10.2 Å². The average Bonchev–Trinajstić information content (AvgIpc) is 2.90. The summed E-state index contributed by atoms with van der Waals surface area (Å²) in [4.78, 5) is 7.12. The lowest BCUT2D eigenvalue weighted by molar-refractivity contribution is 0.0369. The Kier molecular flexibility index (Phi) is 5.61. The minimum atomic E-state index is -0.113. The SMILES string of the molecule is N=c1c2c(ncn1CCCN1CCOCC1)Oc1ccc3ccccc3c1[C@@H]2c1ccccc1. The molecule has 6 nitrogen and oxygen atoms in total. The van der Waals surface area contributed by atoms with E-state index >= 15 is 0 Å². The lowest BCUT2D eigenvalue weighted by Gasteiger charge is -2.30. The first-order valence-electron chi connectivity index (χ1n) is 12.0. The van der Waals surface area contributed by atoms with Gasteiger partial charge in [-0.1, -0.05) is 60.7 Å². The van der Waals surface area contributed by atoms with Crippen molar-refractivity contribution in [2.75, 3.05) is 32.8 Å². The van der Waals surface area contributed by atoms with Gasteiger partial charge in [-0.2, -0.15) is 0 Å². The number of fused-ring (bicyclic) bond motifs is 4. The van der Waals surface area contributed by atoms with Crippen LogP contribution in [-0.4, -0.2) is 47.3 Å². The molecule has 0 unspecified atom stereocenters. The Balaban J connectivity index is 1.42. The minimum absolute atomic E-state index is 0.113. The highest BCUT2D eigenvalue weighted by atomic mass is 16.5. The van der Waals surface area contributed by atoms with Crippen molar-refractivity contribution >= 4 is 10.8 Å². The van der Waals surface area contributed by atoms with E-state index in [1.165, 1.54) is 5.39 Å². The molecule has 0 saturated carbocycles. The van der Waals surface area contributed by atoms with Crippen LogP contribution in [0.1, 0.15) is 29.0 Å². The smallest absolute Gasteiger partial charge is 0.228 e. The first kappa shape index (κ1) is 21.1. The zero-order valence-corrected chi connectivity index (χ0v) is 19.1. The number of rotatable bonds is 5. The number of hydrogen-bond acceptors (Lipinski definition) is 5. The monoisotopic (exact) mass is 452 g/mol. The van der Waals surface area contributed by atoms with Crippen LogP contribution in [0.25, 0.3) is 10.8 Å². The molecular formula is C28H28N4O2. The Labute approximate surface area is 198 Å². The van der Waals surface area contributed by atoms with Gasteiger partial charge in [-0.05, 0) is 28.8 Å². The van der Waals surface area contributed by atoms with Gasteiger partial charge in [0.25, 0.3) is 0 Å². The zero-order valence-electron chi connectivity index (χ0n) is 19.1. The van der Waals surface area contributed by atoms with Crippen LogP contribution in [0.2, 0.25) is 0 Å². The molecule has 0 radical (unpaired) electrons. The van der Waals surface area contributed by atoms with E-state index in [2.05, 4.69) is 64.5 Å². The molecule has 172 valence electrons. The quantitative estimate of drug-likeness (QED) is 0.426. The standard InChI is InChI=1S/C28H28N4O2/c29-27-26-24(21-8-2-1-3-9-21)25-22-10-5-4-7-20(22)11-12-23(25)34-28(26)30-19-32(27)14-6-13-31-15-17-33-18-16-31/h1-5,7-12,19,24,29H,6,13-18H2/t24-/m0/s1. The molecule has 1 fully saturated rings. The van der Waals surface area contributed by atoms with Crippen molar-refractivity contribution in [1.82, 2.24) is 14.5 Å². The van der Waals surface area contributed by atoms with Crippen molar-refractivity contribution in [3.8, 4) is 11.6 Å². The summed E-state index contributed by atoms with van der Waals surface area (Å²) in [5, 5.41) is 11.5. The van der Waals surface area contributed by atoms with Gasteiger partial charge < -0.3 is 14.0 Å². The second-order valence-electron chi connectivity index (χ2n) is 8.96. The Morgan fingerprint density at radius 1 is 0.882 bits per heavy atom. The summed E-state index contributed by atoms with van der Waals surface area (Å²) in [6, 6.07) is 23.0. The van der Waals surface area contributed by atoms with Crippen LogP contribution in [0, 0.1) is 5.41 Å². The minimum Gasteiger partial charge on any atom is -0.438 e. The summed E-state index contributed by atoms with van der Waals surface area (Å²) in [7, 11) is 0. The van der Waals surface area contributed by atoms with Gasteiger partial charge in [0.1, 0.15) is 17.6 Å². The highest BCUT2D eigenvalue weighted by Crippen LogP contribution is 2.47. The van der Waals surface area contributed by atoms with Gasteiger partial charge in [-0.15, -0.1) is 0 Å². The van der Waals surface area contributed by atoms with Gasteiger partial charge in [0.15, 0.2) is 0 Å². The molecule has 1 atom stereocenters. The molecule has 0 spiro atoms. The van der Waals surface area contributed by atoms with Crippen LogP contribution >= 0.6 is 0 Å². The van der Waals surface area contributed by atoms with Gasteiger partial charge in [-0.25, -0.2) is 4.98 Å². The molecule has 3 heterocycles. The summed E-state index contributed by atoms with van der Waals surface area (Å²) < 4.78 is 13.7. The molecule has 1 saturated heterocycles. The maximum Gasteiger partial charge on any atom is 0.228 e. The van der Waals surface area contributed by atoms with Crippen molar-refractivity contribution in [1.29, 1.82) is 5.41 Å². The van der Waals surface area contributed by atoms with Gasteiger partial charge in [0.2, 0.25) is 5.88 Å². The number of nitrogens with zero attached hydrogens (tertiary/aromatic N) is 3. The molecule has 6 heteroatoms. The van der Waals surface area contributed by atoms with Crippen molar-refractivity contribution in [3.63, 3.8) is 0 Å². The molecule has 4 aromatic rings. The molecule has 0 amide bonds. The van der Waals surface area contributed by atoms with E-state index in [-0.39, 0.29) is 5.92 Å². The van der Waals surface area contributed by atoms with Gasteiger partial charge >= 0.3 is 0 Å². The molecule has 0 bridgehead atoms. The summed E-state index contributed by atoms with van der Waals surface area (Å²) in [6.07, 6.45) is 2.72. The highest BCUT2D eigenvalue weighted by molar-refractivity contribution is 5.90. The van der Waals surface area contributed by atoms with E-state index in [1.54, 1.807) is 6.33 Å². The van der Waals surface area contributed by atoms with Crippen LogP contribution in [0.5, 0.6) is 11.6 Å². The maximum atomic E-state index is 9.19. The third-order valence-corrected chi connectivity index (χ3v) is 6.91. The largest absolute Gasteiger partial charge is 0.438 e. The predicted molar refractivity (Wildman–Crippen MR) is 131 cm³/mol. The third-order valence-electron chi connectivity index (χ3n) is 6.91. The third kappa shape index (κ3) is 3.79. The highest BCUT2D eigenvalue weighted by Gasteiger charge is 2.33. The first-order valence-corrected chi connectivity index (χ1v) is 12.0. The Morgan fingerprint density at radius 2 is 1.68 bits per heavy atom. The molecule has 0 aliphatic carbocycles. The van der Waals surface area contributed by atoms with Gasteiger partial charge in [0, 0.05) is 37.7 Å². The molecule has 2 aliphatic rings. The summed E-state index contributed by atoms with van der Waals surface area (Å²) in [5.74, 6) is 1.24. The van der Waals surface area contributed by atoms with E-state index in [0.29, 0.717) is 11.4 Å². The lowest BCUT2D eigenvalue weighted by Crippen LogP contribution is -2.37. The maximum absolute atomic E-state index is 9.19. The number of morpholine rings is 1. The van der Waals surface area contributed by atoms with Crippen LogP contribution in [0.4, 0.5) is 0 Å². The average molecular weight is 453 g/mol. The Bertz CT molecular complexity index is 1380. The lowest BCUT2D eigenvalue weighted by atomic mass is 9.81. The van der Waals surface area contributed by atoms with Crippen LogP contribution in [-0.2, 0) is 11.3 Å². The topological polar surface area (TPSA) is 63.4 Å². The second-order valence-corrected chi connectivity index (χ2v) is 8.96. The fraction of sp³-hybridized carbons (Fsp3) is 0.286. The summed E-state index contributed by atoms with van der Waals surface area (Å²) in [5.41, 5.74) is 3.56. The number of aryl methyl sites for hydroxylation is 1. The fourth-order valence-corrected chi connectivity index (χ4v) is 5.20. The van der Waals surface area contributed by atoms with Crippen molar-refractivity contribution in [2.24, 2.45) is 0 Å². The molecule has 34 heavy (non-hydrogen) atoms. The summed E-state index contributed by atoms with van der Waals surface area (Å²) >= 11 is 0. The number of ether oxygens (including phenoxy) is 2. The van der Waals surface area contributed by atoms with E-state index in [4.69, 9.17) is 9.47 Å². The Hall–Kier alpha value is -3.48. The molecule has 3 aromatic carbocycles. The normalized spacial score (nSPS) is 17.7. The molecule has 1 aromatic heterocycles. The molecular weight excluding hydrogens is 424 g/mol. The van der Waals surface area contributed by atoms with Gasteiger partial charge in [-0.3, -0.25) is 10.3 Å². The Morgan fingerprint density at radius 3 is 2.53 bits per heavy atom. The van der Waals surface area contributed by atoms with Crippen molar-refractivity contribution < 1.29 is 9.47 Å². The molecule has 2 aliphatic heterocycles. The predicted octanol–water partition coefficient (Wildman–Crippen LogP) is 4.52. The van der Waals surface area contributed by atoms with Crippen molar-refractivity contribution in [2.45, 2.75) is 18.9 Å². The van der Waals surface area contributed by atoms with Crippen LogP contribution in [0.15, 0.2) is 73.1 Å². The van der Waals surface area contributed by atoms with Gasteiger partial charge in [0.05, 0.1) is 18.8 Å².